The van der Waals surface area contributed by atoms with E-state index in [1.807, 2.05) is 19.1 Å². The minimum Gasteiger partial charge on any atom is -0.304 e. The molecule has 0 atom stereocenters. The van der Waals surface area contributed by atoms with E-state index in [9.17, 15) is 0 Å². The van der Waals surface area contributed by atoms with Gasteiger partial charge in [0.1, 0.15) is 0 Å². The Labute approximate surface area is 113 Å². The average Bonchev–Trinajstić information content (AvgIpc) is 2.45. The number of benzene rings is 1. The van der Waals surface area contributed by atoms with E-state index in [2.05, 4.69) is 44.7 Å². The van der Waals surface area contributed by atoms with Crippen molar-refractivity contribution in [1.82, 2.24) is 20.1 Å². The first-order chi connectivity index (χ1) is 9.24. The SMILES string of the molecule is Cc1nnc(NN2CCN(C)CC2)c2ccccc12. The van der Waals surface area contributed by atoms with E-state index in [-0.39, 0.29) is 0 Å². The van der Waals surface area contributed by atoms with Crippen LogP contribution in [0.5, 0.6) is 0 Å². The van der Waals surface area contributed by atoms with Crippen molar-refractivity contribution in [3.05, 3.63) is 30.0 Å². The van der Waals surface area contributed by atoms with Gasteiger partial charge in [0.05, 0.1) is 5.69 Å². The number of aromatic nitrogens is 2. The molecule has 0 aliphatic carbocycles. The van der Waals surface area contributed by atoms with E-state index < -0.39 is 0 Å². The maximum atomic E-state index is 4.30. The molecule has 5 heteroatoms. The number of fused-ring (bicyclic) bond motifs is 1. The minimum atomic E-state index is 0.853. The maximum Gasteiger partial charge on any atom is 0.170 e. The Hall–Kier alpha value is -1.72. The van der Waals surface area contributed by atoms with Crippen molar-refractivity contribution in [2.45, 2.75) is 6.92 Å². The third-order valence-electron chi connectivity index (χ3n) is 3.64. The van der Waals surface area contributed by atoms with Crippen LogP contribution in [0.4, 0.5) is 5.82 Å². The Morgan fingerprint density at radius 2 is 1.68 bits per heavy atom. The molecule has 3 rings (SSSR count). The molecule has 5 nitrogen and oxygen atoms in total. The summed E-state index contributed by atoms with van der Waals surface area (Å²) in [6.07, 6.45) is 0. The molecule has 0 amide bonds. The van der Waals surface area contributed by atoms with E-state index in [1.54, 1.807) is 0 Å². The van der Waals surface area contributed by atoms with Gasteiger partial charge < -0.3 is 10.3 Å². The molecule has 0 spiro atoms. The summed E-state index contributed by atoms with van der Waals surface area (Å²) >= 11 is 0. The number of nitrogens with one attached hydrogen (secondary N) is 1. The van der Waals surface area contributed by atoms with Crippen LogP contribution in [0.1, 0.15) is 5.69 Å². The number of hydrogen-bond acceptors (Lipinski definition) is 5. The second-order valence-electron chi connectivity index (χ2n) is 5.08. The van der Waals surface area contributed by atoms with Crippen LogP contribution in [0.25, 0.3) is 10.8 Å². The standard InChI is InChI=1S/C14H19N5/c1-11-12-5-3-4-6-13(12)14(16-15-11)17-19-9-7-18(2)8-10-19/h3-6H,7-10H2,1-2H3,(H,16,17). The summed E-state index contributed by atoms with van der Waals surface area (Å²) in [4.78, 5) is 2.33. The summed E-state index contributed by atoms with van der Waals surface area (Å²) < 4.78 is 0. The van der Waals surface area contributed by atoms with Crippen molar-refractivity contribution in [1.29, 1.82) is 0 Å². The molecule has 0 radical (unpaired) electrons. The Balaban J connectivity index is 1.87. The van der Waals surface area contributed by atoms with Gasteiger partial charge in [0.2, 0.25) is 0 Å². The predicted octanol–water partition coefficient (Wildman–Crippen LogP) is 1.51. The Kier molecular flexibility index (Phi) is 3.31. The molecule has 1 aromatic carbocycles. The Morgan fingerprint density at radius 3 is 2.42 bits per heavy atom. The lowest BCUT2D eigenvalue weighted by atomic mass is 10.1. The number of piperazine rings is 1. The van der Waals surface area contributed by atoms with Gasteiger partial charge >= 0.3 is 0 Å². The molecule has 1 fully saturated rings. The zero-order chi connectivity index (χ0) is 13.2. The first-order valence-corrected chi connectivity index (χ1v) is 6.66. The molecule has 19 heavy (non-hydrogen) atoms. The van der Waals surface area contributed by atoms with E-state index in [4.69, 9.17) is 0 Å². The van der Waals surface area contributed by atoms with E-state index >= 15 is 0 Å². The van der Waals surface area contributed by atoms with Crippen LogP contribution in [0.15, 0.2) is 24.3 Å². The number of nitrogens with zero attached hydrogens (tertiary/aromatic N) is 4. The molecule has 0 unspecified atom stereocenters. The lowest BCUT2D eigenvalue weighted by Gasteiger charge is -2.32. The maximum absolute atomic E-state index is 4.30. The highest BCUT2D eigenvalue weighted by molar-refractivity contribution is 5.92. The molecule has 1 N–H and O–H groups in total. The summed E-state index contributed by atoms with van der Waals surface area (Å²) in [6.45, 7) is 6.14. The fourth-order valence-corrected chi connectivity index (χ4v) is 2.39. The molecular weight excluding hydrogens is 238 g/mol. The molecule has 1 aliphatic rings. The van der Waals surface area contributed by atoms with Gasteiger partial charge in [0.15, 0.2) is 5.82 Å². The van der Waals surface area contributed by atoms with Crippen LogP contribution in [-0.2, 0) is 0 Å². The quantitative estimate of drug-likeness (QED) is 0.883. The van der Waals surface area contributed by atoms with Crippen LogP contribution in [0.3, 0.4) is 0 Å². The van der Waals surface area contributed by atoms with Crippen LogP contribution in [0.2, 0.25) is 0 Å². The first-order valence-electron chi connectivity index (χ1n) is 6.66. The van der Waals surface area contributed by atoms with Gasteiger partial charge in [-0.25, -0.2) is 5.01 Å². The van der Waals surface area contributed by atoms with Gasteiger partial charge in [-0.05, 0) is 14.0 Å². The smallest absolute Gasteiger partial charge is 0.170 e. The first kappa shape index (κ1) is 12.3. The average molecular weight is 257 g/mol. The van der Waals surface area contributed by atoms with Crippen molar-refractivity contribution in [3.8, 4) is 0 Å². The fourth-order valence-electron chi connectivity index (χ4n) is 2.39. The number of rotatable bonds is 2. The van der Waals surface area contributed by atoms with Gasteiger partial charge in [0.25, 0.3) is 0 Å². The lowest BCUT2D eigenvalue weighted by molar-refractivity contribution is 0.178. The summed E-state index contributed by atoms with van der Waals surface area (Å²) in [5.74, 6) is 0.853. The van der Waals surface area contributed by atoms with Crippen molar-refractivity contribution >= 4 is 16.6 Å². The molecule has 1 aliphatic heterocycles. The van der Waals surface area contributed by atoms with Crippen molar-refractivity contribution in [3.63, 3.8) is 0 Å². The number of anilines is 1. The highest BCUT2D eigenvalue weighted by Crippen LogP contribution is 2.22. The molecular formula is C14H19N5. The molecule has 2 aromatic rings. The van der Waals surface area contributed by atoms with Crippen molar-refractivity contribution in [2.24, 2.45) is 0 Å². The fraction of sp³-hybridized carbons (Fsp3) is 0.429. The van der Waals surface area contributed by atoms with Gasteiger partial charge in [-0.3, -0.25) is 0 Å². The summed E-state index contributed by atoms with van der Waals surface area (Å²) in [5, 5.41) is 13.0. The largest absolute Gasteiger partial charge is 0.304 e. The molecule has 100 valence electrons. The third kappa shape index (κ3) is 2.52. The highest BCUT2D eigenvalue weighted by Gasteiger charge is 2.15. The number of hydrazine groups is 1. The lowest BCUT2D eigenvalue weighted by Crippen LogP contribution is -2.47. The van der Waals surface area contributed by atoms with Crippen LogP contribution < -0.4 is 5.43 Å². The molecule has 1 aromatic heterocycles. The number of hydrogen-bond donors (Lipinski definition) is 1. The molecule has 0 saturated carbocycles. The topological polar surface area (TPSA) is 44.3 Å². The third-order valence-corrected chi connectivity index (χ3v) is 3.64. The van der Waals surface area contributed by atoms with Gasteiger partial charge in [-0.2, -0.15) is 5.10 Å². The van der Waals surface area contributed by atoms with Crippen LogP contribution in [-0.4, -0.2) is 53.3 Å². The minimum absolute atomic E-state index is 0.853. The molecule has 2 heterocycles. The normalized spacial score (nSPS) is 17.8. The number of aryl methyl sites for hydroxylation is 1. The van der Waals surface area contributed by atoms with Crippen molar-refractivity contribution in [2.75, 3.05) is 38.7 Å². The van der Waals surface area contributed by atoms with Gasteiger partial charge in [-0.1, -0.05) is 24.3 Å². The monoisotopic (exact) mass is 257 g/mol. The summed E-state index contributed by atoms with van der Waals surface area (Å²) in [5.41, 5.74) is 4.38. The highest BCUT2D eigenvalue weighted by atomic mass is 15.5. The van der Waals surface area contributed by atoms with E-state index in [1.165, 1.54) is 0 Å². The Morgan fingerprint density at radius 1 is 1.00 bits per heavy atom. The Bertz CT molecular complexity index is 575. The predicted molar refractivity (Wildman–Crippen MR) is 77.0 cm³/mol. The summed E-state index contributed by atoms with van der Waals surface area (Å²) in [6, 6.07) is 8.26. The van der Waals surface area contributed by atoms with Crippen LogP contribution >= 0.6 is 0 Å². The van der Waals surface area contributed by atoms with E-state index in [0.29, 0.717) is 0 Å². The van der Waals surface area contributed by atoms with Gasteiger partial charge in [0, 0.05) is 37.0 Å². The molecule has 0 bridgehead atoms. The second kappa shape index (κ2) is 5.11. The van der Waals surface area contributed by atoms with E-state index in [0.717, 1.165) is 48.5 Å². The zero-order valence-corrected chi connectivity index (χ0v) is 11.4. The van der Waals surface area contributed by atoms with Gasteiger partial charge in [-0.15, -0.1) is 5.10 Å². The second-order valence-corrected chi connectivity index (χ2v) is 5.08. The summed E-state index contributed by atoms with van der Waals surface area (Å²) in [7, 11) is 2.15. The number of likely N-dealkylation sites (N-methyl/N-ethyl adjacent to an activating group) is 1. The van der Waals surface area contributed by atoms with Crippen molar-refractivity contribution < 1.29 is 0 Å². The molecule has 1 saturated heterocycles. The van der Waals surface area contributed by atoms with Crippen LogP contribution in [0, 0.1) is 6.92 Å². The zero-order valence-electron chi connectivity index (χ0n) is 11.4.